The first-order valence-corrected chi connectivity index (χ1v) is 8.61. The molecule has 6 heteroatoms. The molecule has 0 aromatic heterocycles. The quantitative estimate of drug-likeness (QED) is 0.838. The Hall–Kier alpha value is -1.59. The molecule has 0 radical (unpaired) electrons. The Bertz CT molecular complexity index is 681. The number of hydrogen-bond acceptors (Lipinski definition) is 3. The van der Waals surface area contributed by atoms with E-state index in [1.54, 1.807) is 0 Å². The Morgan fingerprint density at radius 2 is 1.88 bits per heavy atom. The van der Waals surface area contributed by atoms with Gasteiger partial charge in [0.1, 0.15) is 0 Å². The Kier molecular flexibility index (Phi) is 7.72. The Morgan fingerprint density at radius 1 is 1.16 bits per heavy atom. The van der Waals surface area contributed by atoms with Gasteiger partial charge < -0.3 is 10.6 Å². The van der Waals surface area contributed by atoms with Gasteiger partial charge in [-0.15, -0.1) is 12.4 Å². The molecule has 0 bridgehead atoms. The first-order valence-electron chi connectivity index (χ1n) is 8.24. The van der Waals surface area contributed by atoms with E-state index in [4.69, 9.17) is 11.6 Å². The fourth-order valence-corrected chi connectivity index (χ4v) is 3.29. The highest BCUT2D eigenvalue weighted by atomic mass is 35.5. The molecule has 0 spiro atoms. The van der Waals surface area contributed by atoms with Gasteiger partial charge in [0.25, 0.3) is 0 Å². The maximum absolute atomic E-state index is 12.3. The molecular formula is C19H23Cl2N3O. The minimum Gasteiger partial charge on any atom is -0.351 e. The SMILES string of the molecule is Cl.O=C(CN1CCNCC1c1ccccc1Cl)NCc1ccccc1. The Morgan fingerprint density at radius 3 is 2.64 bits per heavy atom. The molecule has 3 rings (SSSR count). The maximum atomic E-state index is 12.3. The van der Waals surface area contributed by atoms with Crippen molar-refractivity contribution in [3.8, 4) is 0 Å². The molecule has 1 amide bonds. The smallest absolute Gasteiger partial charge is 0.234 e. The number of nitrogens with one attached hydrogen (secondary N) is 2. The van der Waals surface area contributed by atoms with E-state index in [0.717, 1.165) is 35.8 Å². The van der Waals surface area contributed by atoms with Crippen LogP contribution in [0.1, 0.15) is 17.2 Å². The summed E-state index contributed by atoms with van der Waals surface area (Å²) in [7, 11) is 0. The van der Waals surface area contributed by atoms with Gasteiger partial charge in [0.2, 0.25) is 5.91 Å². The first-order chi connectivity index (χ1) is 11.7. The summed E-state index contributed by atoms with van der Waals surface area (Å²) in [5.41, 5.74) is 2.18. The van der Waals surface area contributed by atoms with Gasteiger partial charge in [-0.2, -0.15) is 0 Å². The number of rotatable bonds is 5. The summed E-state index contributed by atoms with van der Waals surface area (Å²) < 4.78 is 0. The number of piperazine rings is 1. The second kappa shape index (κ2) is 9.78. The largest absolute Gasteiger partial charge is 0.351 e. The average Bonchev–Trinajstić information content (AvgIpc) is 2.62. The van der Waals surface area contributed by atoms with E-state index in [1.165, 1.54) is 0 Å². The number of nitrogens with zero attached hydrogens (tertiary/aromatic N) is 1. The van der Waals surface area contributed by atoms with Gasteiger partial charge >= 0.3 is 0 Å². The van der Waals surface area contributed by atoms with Gasteiger partial charge in [-0.05, 0) is 17.2 Å². The van der Waals surface area contributed by atoms with Crippen LogP contribution >= 0.6 is 24.0 Å². The summed E-state index contributed by atoms with van der Waals surface area (Å²) in [4.78, 5) is 14.5. The number of carbonyl (C=O) groups excluding carboxylic acids is 1. The van der Waals surface area contributed by atoms with Crippen molar-refractivity contribution >= 4 is 29.9 Å². The van der Waals surface area contributed by atoms with Gasteiger partial charge in [-0.1, -0.05) is 60.1 Å². The van der Waals surface area contributed by atoms with Crippen molar-refractivity contribution in [3.05, 3.63) is 70.7 Å². The predicted octanol–water partition coefficient (Wildman–Crippen LogP) is 3.02. The summed E-state index contributed by atoms with van der Waals surface area (Å²) in [6.45, 7) is 3.45. The second-order valence-corrected chi connectivity index (χ2v) is 6.38. The van der Waals surface area contributed by atoms with E-state index >= 15 is 0 Å². The van der Waals surface area contributed by atoms with Gasteiger partial charge in [-0.25, -0.2) is 0 Å². The molecule has 1 aliphatic heterocycles. The molecule has 4 nitrogen and oxygen atoms in total. The zero-order valence-corrected chi connectivity index (χ0v) is 15.5. The van der Waals surface area contributed by atoms with E-state index in [2.05, 4.69) is 15.5 Å². The average molecular weight is 380 g/mol. The number of carbonyl (C=O) groups is 1. The van der Waals surface area contributed by atoms with Crippen molar-refractivity contribution in [1.29, 1.82) is 0 Å². The topological polar surface area (TPSA) is 44.4 Å². The first kappa shape index (κ1) is 19.7. The fraction of sp³-hybridized carbons (Fsp3) is 0.316. The van der Waals surface area contributed by atoms with Gasteiger partial charge in [0.05, 0.1) is 6.54 Å². The third kappa shape index (κ3) is 5.44. The monoisotopic (exact) mass is 379 g/mol. The number of halogens is 2. The minimum atomic E-state index is 0. The molecule has 1 heterocycles. The van der Waals surface area contributed by atoms with Crippen molar-refractivity contribution in [3.63, 3.8) is 0 Å². The second-order valence-electron chi connectivity index (χ2n) is 5.97. The molecule has 2 aromatic rings. The highest BCUT2D eigenvalue weighted by Crippen LogP contribution is 2.28. The van der Waals surface area contributed by atoms with Crippen LogP contribution in [0.3, 0.4) is 0 Å². The summed E-state index contributed by atoms with van der Waals surface area (Å²) in [6, 6.07) is 17.9. The normalized spacial score (nSPS) is 17.6. The van der Waals surface area contributed by atoms with Crippen LogP contribution in [0.15, 0.2) is 54.6 Å². The highest BCUT2D eigenvalue weighted by molar-refractivity contribution is 6.31. The van der Waals surface area contributed by atoms with Crippen LogP contribution in [-0.4, -0.2) is 37.0 Å². The molecule has 1 saturated heterocycles. The summed E-state index contributed by atoms with van der Waals surface area (Å²) >= 11 is 6.35. The van der Waals surface area contributed by atoms with Crippen LogP contribution in [0.5, 0.6) is 0 Å². The van der Waals surface area contributed by atoms with E-state index in [1.807, 2.05) is 54.6 Å². The molecule has 1 aliphatic rings. The van der Waals surface area contributed by atoms with Crippen LogP contribution in [0.2, 0.25) is 5.02 Å². The molecular weight excluding hydrogens is 357 g/mol. The standard InChI is InChI=1S/C19H22ClN3O.ClH/c20-17-9-5-4-8-16(17)18-13-21-10-11-23(18)14-19(24)22-12-15-6-2-1-3-7-15;/h1-9,18,21H,10-14H2,(H,22,24);1H. The molecule has 1 atom stereocenters. The molecule has 25 heavy (non-hydrogen) atoms. The maximum Gasteiger partial charge on any atom is 0.234 e. The highest BCUT2D eigenvalue weighted by Gasteiger charge is 2.26. The van der Waals surface area contributed by atoms with Crippen molar-refractivity contribution in [2.75, 3.05) is 26.2 Å². The molecule has 2 aromatic carbocycles. The number of amides is 1. The van der Waals surface area contributed by atoms with Crippen LogP contribution in [0.4, 0.5) is 0 Å². The molecule has 2 N–H and O–H groups in total. The van der Waals surface area contributed by atoms with Gasteiger partial charge in [0, 0.05) is 37.2 Å². The lowest BCUT2D eigenvalue weighted by molar-refractivity contribution is -0.123. The minimum absolute atomic E-state index is 0. The summed E-state index contributed by atoms with van der Waals surface area (Å²) in [6.07, 6.45) is 0. The van der Waals surface area contributed by atoms with Crippen LogP contribution < -0.4 is 10.6 Å². The lowest BCUT2D eigenvalue weighted by Gasteiger charge is -2.36. The Balaban J connectivity index is 0.00000225. The van der Waals surface area contributed by atoms with Gasteiger partial charge in [-0.3, -0.25) is 9.69 Å². The molecule has 134 valence electrons. The molecule has 0 aliphatic carbocycles. The number of hydrogen-bond donors (Lipinski definition) is 2. The third-order valence-corrected chi connectivity index (χ3v) is 4.64. The van der Waals surface area contributed by atoms with Crippen LogP contribution in [0.25, 0.3) is 0 Å². The molecule has 1 fully saturated rings. The lowest BCUT2D eigenvalue weighted by Crippen LogP contribution is -2.49. The van der Waals surface area contributed by atoms with Crippen LogP contribution in [0, 0.1) is 0 Å². The van der Waals surface area contributed by atoms with E-state index in [0.29, 0.717) is 13.1 Å². The zero-order chi connectivity index (χ0) is 16.8. The predicted molar refractivity (Wildman–Crippen MR) is 104 cm³/mol. The van der Waals surface area contributed by atoms with Crippen molar-refractivity contribution in [2.45, 2.75) is 12.6 Å². The Labute approximate surface area is 160 Å². The molecule has 0 saturated carbocycles. The zero-order valence-electron chi connectivity index (χ0n) is 14.0. The summed E-state index contributed by atoms with van der Waals surface area (Å²) in [5.74, 6) is 0.0396. The van der Waals surface area contributed by atoms with Gasteiger partial charge in [0.15, 0.2) is 0 Å². The third-order valence-electron chi connectivity index (χ3n) is 4.30. The van der Waals surface area contributed by atoms with Crippen molar-refractivity contribution in [2.24, 2.45) is 0 Å². The van der Waals surface area contributed by atoms with Crippen LogP contribution in [-0.2, 0) is 11.3 Å². The summed E-state index contributed by atoms with van der Waals surface area (Å²) in [5, 5.41) is 7.14. The van der Waals surface area contributed by atoms with Crippen molar-refractivity contribution in [1.82, 2.24) is 15.5 Å². The fourth-order valence-electron chi connectivity index (χ4n) is 3.02. The van der Waals surface area contributed by atoms with E-state index in [-0.39, 0.29) is 24.4 Å². The lowest BCUT2D eigenvalue weighted by atomic mass is 10.0. The van der Waals surface area contributed by atoms with E-state index in [9.17, 15) is 4.79 Å². The number of benzene rings is 2. The molecule has 1 unspecified atom stereocenters. The van der Waals surface area contributed by atoms with E-state index < -0.39 is 0 Å². The van der Waals surface area contributed by atoms with Crippen molar-refractivity contribution < 1.29 is 4.79 Å².